The highest BCUT2D eigenvalue weighted by molar-refractivity contribution is 5.85. The van der Waals surface area contributed by atoms with Gasteiger partial charge in [0.1, 0.15) is 11.9 Å². The van der Waals surface area contributed by atoms with Crippen molar-refractivity contribution in [2.24, 2.45) is 0 Å². The molecule has 0 aliphatic carbocycles. The Morgan fingerprint density at radius 3 is 2.29 bits per heavy atom. The van der Waals surface area contributed by atoms with E-state index < -0.39 is 5.67 Å². The highest BCUT2D eigenvalue weighted by Gasteiger charge is 2.44. The first-order valence-corrected chi connectivity index (χ1v) is 10.7. The number of likely N-dealkylation sites (tertiary alicyclic amines) is 2. The fourth-order valence-corrected chi connectivity index (χ4v) is 4.18. The Hall–Kier alpha value is -2.94. The summed E-state index contributed by atoms with van der Waals surface area (Å²) >= 11 is 0. The average molecular weight is 429 g/mol. The Bertz CT molecular complexity index is 876. The number of amides is 1. The number of carbonyl (C=O) groups excluding carboxylic acids is 1. The lowest BCUT2D eigenvalue weighted by Gasteiger charge is -2.40. The number of halogens is 1. The number of ether oxygens (including phenoxy) is 1. The van der Waals surface area contributed by atoms with Crippen LogP contribution in [0.4, 0.5) is 16.0 Å². The number of nitrogens with two attached hydrogens (primary N) is 2. The predicted octanol–water partition coefficient (Wildman–Crippen LogP) is 2.02. The van der Waals surface area contributed by atoms with E-state index in [2.05, 4.69) is 14.9 Å². The van der Waals surface area contributed by atoms with Gasteiger partial charge in [0.2, 0.25) is 5.95 Å². The minimum absolute atomic E-state index is 0.0206. The van der Waals surface area contributed by atoms with E-state index in [0.717, 1.165) is 11.3 Å². The molecule has 0 unspecified atom stereocenters. The smallest absolute Gasteiger partial charge is 0.260 e. The standard InChI is InChI=1S/C22H29FN6O2/c23-22(7-11-28(12-8-22)15-16-13-26-21(25)27-14-16)20(30)29-9-5-19(6-10-29)31-18-3-1-17(24)2-4-18/h1-4,13-14,19H,5-12,15,24H2,(H2,25,26,27). The zero-order valence-electron chi connectivity index (χ0n) is 17.5. The number of hydrogen-bond acceptors (Lipinski definition) is 7. The van der Waals surface area contributed by atoms with E-state index in [9.17, 15) is 4.79 Å². The number of rotatable bonds is 5. The van der Waals surface area contributed by atoms with Gasteiger partial charge in [-0.25, -0.2) is 14.4 Å². The molecule has 4 N–H and O–H groups in total. The lowest BCUT2D eigenvalue weighted by molar-refractivity contribution is -0.149. The van der Waals surface area contributed by atoms with Gasteiger partial charge >= 0.3 is 0 Å². The van der Waals surface area contributed by atoms with E-state index in [4.69, 9.17) is 16.2 Å². The molecule has 8 nitrogen and oxygen atoms in total. The van der Waals surface area contributed by atoms with Crippen LogP contribution in [0.5, 0.6) is 5.75 Å². The Morgan fingerprint density at radius 2 is 1.68 bits per heavy atom. The second kappa shape index (κ2) is 9.05. The summed E-state index contributed by atoms with van der Waals surface area (Å²) in [6.07, 6.45) is 5.16. The molecule has 0 saturated carbocycles. The van der Waals surface area contributed by atoms with Crippen molar-refractivity contribution >= 4 is 17.5 Å². The van der Waals surface area contributed by atoms with Gasteiger partial charge in [0.15, 0.2) is 5.67 Å². The Labute approximate surface area is 181 Å². The number of nitrogens with zero attached hydrogens (tertiary/aromatic N) is 4. The highest BCUT2D eigenvalue weighted by Crippen LogP contribution is 2.31. The molecule has 166 valence electrons. The quantitative estimate of drug-likeness (QED) is 0.701. The molecule has 2 aliphatic rings. The van der Waals surface area contributed by atoms with Gasteiger partial charge in [-0.05, 0) is 24.3 Å². The third kappa shape index (κ3) is 5.22. The molecule has 1 aromatic heterocycles. The van der Waals surface area contributed by atoms with Crippen molar-refractivity contribution in [3.05, 3.63) is 42.2 Å². The van der Waals surface area contributed by atoms with Crippen LogP contribution in [-0.4, -0.2) is 63.6 Å². The fourth-order valence-electron chi connectivity index (χ4n) is 4.18. The molecule has 0 atom stereocenters. The second-order valence-electron chi connectivity index (χ2n) is 8.37. The first kappa shape index (κ1) is 21.3. The van der Waals surface area contributed by atoms with E-state index in [-0.39, 0.29) is 30.8 Å². The van der Waals surface area contributed by atoms with Crippen LogP contribution in [0.2, 0.25) is 0 Å². The zero-order valence-corrected chi connectivity index (χ0v) is 17.5. The molecule has 2 fully saturated rings. The summed E-state index contributed by atoms with van der Waals surface area (Å²) in [5.74, 6) is 0.618. The molecule has 31 heavy (non-hydrogen) atoms. The summed E-state index contributed by atoms with van der Waals surface area (Å²) < 4.78 is 21.5. The van der Waals surface area contributed by atoms with Crippen LogP contribution >= 0.6 is 0 Å². The van der Waals surface area contributed by atoms with Crippen LogP contribution in [0.25, 0.3) is 0 Å². The van der Waals surface area contributed by atoms with E-state index in [1.807, 2.05) is 12.1 Å². The monoisotopic (exact) mass is 428 g/mol. The van der Waals surface area contributed by atoms with Crippen LogP contribution < -0.4 is 16.2 Å². The van der Waals surface area contributed by atoms with Crippen LogP contribution in [0.1, 0.15) is 31.2 Å². The number of alkyl halides is 1. The summed E-state index contributed by atoms with van der Waals surface area (Å²) in [6, 6.07) is 7.28. The Morgan fingerprint density at radius 1 is 1.06 bits per heavy atom. The molecule has 2 aromatic rings. The van der Waals surface area contributed by atoms with Crippen LogP contribution in [-0.2, 0) is 11.3 Å². The Balaban J connectivity index is 1.25. The molecule has 0 bridgehead atoms. The number of hydrogen-bond donors (Lipinski definition) is 2. The second-order valence-corrected chi connectivity index (χ2v) is 8.37. The summed E-state index contributed by atoms with van der Waals surface area (Å²) in [5, 5.41) is 0. The average Bonchev–Trinajstić information content (AvgIpc) is 2.79. The van der Waals surface area contributed by atoms with Gasteiger partial charge in [-0.1, -0.05) is 0 Å². The fraction of sp³-hybridized carbons (Fsp3) is 0.500. The molecule has 4 rings (SSSR count). The lowest BCUT2D eigenvalue weighted by Crippen LogP contribution is -2.54. The molecular formula is C22H29FN6O2. The minimum Gasteiger partial charge on any atom is -0.490 e. The van der Waals surface area contributed by atoms with Crippen molar-refractivity contribution in [2.45, 2.75) is 44.0 Å². The molecule has 2 saturated heterocycles. The van der Waals surface area contributed by atoms with Gasteiger partial charge in [0.25, 0.3) is 5.91 Å². The lowest BCUT2D eigenvalue weighted by atomic mass is 9.90. The summed E-state index contributed by atoms with van der Waals surface area (Å²) in [6.45, 7) is 2.68. The van der Waals surface area contributed by atoms with Crippen LogP contribution in [0, 0.1) is 0 Å². The molecule has 2 aliphatic heterocycles. The van der Waals surface area contributed by atoms with E-state index in [0.29, 0.717) is 51.3 Å². The number of carbonyl (C=O) groups is 1. The van der Waals surface area contributed by atoms with E-state index in [1.54, 1.807) is 29.4 Å². The largest absolute Gasteiger partial charge is 0.490 e. The van der Waals surface area contributed by atoms with Crippen LogP contribution in [0.15, 0.2) is 36.7 Å². The number of anilines is 2. The summed E-state index contributed by atoms with van der Waals surface area (Å²) in [5.41, 5.74) is 11.0. The first-order chi connectivity index (χ1) is 14.9. The minimum atomic E-state index is -1.79. The SMILES string of the molecule is Nc1ccc(OC2CCN(C(=O)C3(F)CCN(Cc4cnc(N)nc4)CC3)CC2)cc1. The molecular weight excluding hydrogens is 399 g/mol. The predicted molar refractivity (Wildman–Crippen MR) is 116 cm³/mol. The van der Waals surface area contributed by atoms with Crippen molar-refractivity contribution in [2.75, 3.05) is 37.6 Å². The van der Waals surface area contributed by atoms with Crippen molar-refractivity contribution < 1.29 is 13.9 Å². The Kier molecular flexibility index (Phi) is 6.22. The molecule has 1 aromatic carbocycles. The summed E-state index contributed by atoms with van der Waals surface area (Å²) in [4.78, 5) is 24.7. The normalized spacial score (nSPS) is 19.8. The molecule has 0 radical (unpaired) electrons. The van der Waals surface area contributed by atoms with Gasteiger partial charge in [-0.15, -0.1) is 0 Å². The maximum Gasteiger partial charge on any atom is 0.260 e. The third-order valence-electron chi connectivity index (χ3n) is 6.08. The van der Waals surface area contributed by atoms with Crippen molar-refractivity contribution in [3.63, 3.8) is 0 Å². The van der Waals surface area contributed by atoms with Crippen LogP contribution in [0.3, 0.4) is 0 Å². The van der Waals surface area contributed by atoms with Gasteiger partial charge in [0, 0.05) is 82.1 Å². The topological polar surface area (TPSA) is 111 Å². The molecule has 9 heteroatoms. The summed E-state index contributed by atoms with van der Waals surface area (Å²) in [7, 11) is 0. The maximum absolute atomic E-state index is 15.5. The van der Waals surface area contributed by atoms with Gasteiger partial charge in [-0.3, -0.25) is 9.69 Å². The van der Waals surface area contributed by atoms with Gasteiger partial charge in [0.05, 0.1) is 0 Å². The van der Waals surface area contributed by atoms with Crippen molar-refractivity contribution in [1.29, 1.82) is 0 Å². The van der Waals surface area contributed by atoms with Crippen molar-refractivity contribution in [1.82, 2.24) is 19.8 Å². The van der Waals surface area contributed by atoms with E-state index >= 15 is 4.39 Å². The molecule has 0 spiro atoms. The highest BCUT2D eigenvalue weighted by atomic mass is 19.1. The number of aromatic nitrogens is 2. The van der Waals surface area contributed by atoms with Gasteiger partial charge < -0.3 is 21.1 Å². The molecule has 1 amide bonds. The number of piperidine rings is 2. The number of benzene rings is 1. The maximum atomic E-state index is 15.5. The first-order valence-electron chi connectivity index (χ1n) is 10.7. The van der Waals surface area contributed by atoms with Crippen molar-refractivity contribution in [3.8, 4) is 5.75 Å². The third-order valence-corrected chi connectivity index (χ3v) is 6.08. The van der Waals surface area contributed by atoms with Gasteiger partial charge in [-0.2, -0.15) is 0 Å². The molecule has 3 heterocycles. The van der Waals surface area contributed by atoms with E-state index in [1.165, 1.54) is 0 Å². The zero-order chi connectivity index (χ0) is 21.8. The number of nitrogen functional groups attached to an aromatic ring is 2.